The Morgan fingerprint density at radius 1 is 0.276 bits per heavy atom. The molecule has 12 aromatic rings. The maximum atomic E-state index is 6.59. The summed E-state index contributed by atoms with van der Waals surface area (Å²) in [5, 5.41) is 6.61. The van der Waals surface area contributed by atoms with Crippen LogP contribution in [0.5, 0.6) is 0 Å². The zero-order valence-corrected chi connectivity index (χ0v) is 31.3. The molecule has 0 aliphatic heterocycles. The average Bonchev–Trinajstić information content (AvgIpc) is 4.06. The van der Waals surface area contributed by atoms with Crippen molar-refractivity contribution >= 4 is 65.8 Å². The van der Waals surface area contributed by atoms with Gasteiger partial charge in [-0.3, -0.25) is 0 Å². The molecule has 58 heavy (non-hydrogen) atoms. The first-order chi connectivity index (χ1) is 28.7. The third kappa shape index (κ3) is 4.68. The van der Waals surface area contributed by atoms with Crippen molar-refractivity contribution in [1.82, 2.24) is 0 Å². The van der Waals surface area contributed by atoms with E-state index in [1.165, 1.54) is 61.0 Å². The van der Waals surface area contributed by atoms with Crippen molar-refractivity contribution in [2.75, 3.05) is 0 Å². The van der Waals surface area contributed by atoms with Crippen LogP contribution in [0.1, 0.15) is 11.1 Å². The molecule has 270 valence electrons. The number of fused-ring (bicyclic) bond motifs is 14. The summed E-state index contributed by atoms with van der Waals surface area (Å²) in [6.07, 6.45) is 0.863. The Kier molecular flexibility index (Phi) is 6.50. The normalized spacial score (nSPS) is 12.4. The Balaban J connectivity index is 0.855. The molecular weight excluding hydrogens is 709 g/mol. The summed E-state index contributed by atoms with van der Waals surface area (Å²) >= 11 is 0. The number of furan rings is 3. The van der Waals surface area contributed by atoms with E-state index < -0.39 is 0 Å². The second-order valence-corrected chi connectivity index (χ2v) is 15.6. The zero-order chi connectivity index (χ0) is 37.9. The minimum atomic E-state index is 0.783. The van der Waals surface area contributed by atoms with Crippen LogP contribution in [0.4, 0.5) is 0 Å². The largest absolute Gasteiger partial charge is 0.456 e. The van der Waals surface area contributed by atoms with Crippen LogP contribution in [0.3, 0.4) is 0 Å². The molecule has 0 radical (unpaired) electrons. The van der Waals surface area contributed by atoms with Gasteiger partial charge in [-0.05, 0) is 128 Å². The number of hydrogen-bond donors (Lipinski definition) is 0. The van der Waals surface area contributed by atoms with Gasteiger partial charge in [0.15, 0.2) is 11.2 Å². The van der Waals surface area contributed by atoms with Gasteiger partial charge in [-0.15, -0.1) is 0 Å². The Morgan fingerprint density at radius 3 is 1.28 bits per heavy atom. The first-order valence-electron chi connectivity index (χ1n) is 19.8. The molecule has 0 N–H and O–H groups in total. The maximum absolute atomic E-state index is 6.59. The third-order valence-corrected chi connectivity index (χ3v) is 12.3. The molecular formula is C55H32O3. The van der Waals surface area contributed by atoms with Crippen molar-refractivity contribution in [3.05, 3.63) is 193 Å². The molecule has 0 saturated heterocycles. The molecule has 0 atom stereocenters. The molecule has 3 heterocycles. The maximum Gasteiger partial charge on any atom is 0.178 e. The van der Waals surface area contributed by atoms with E-state index in [9.17, 15) is 0 Å². The van der Waals surface area contributed by atoms with Gasteiger partial charge in [-0.1, -0.05) is 115 Å². The van der Waals surface area contributed by atoms with E-state index in [0.717, 1.165) is 78.0 Å². The number of hydrogen-bond acceptors (Lipinski definition) is 3. The van der Waals surface area contributed by atoms with Crippen LogP contribution in [0.2, 0.25) is 0 Å². The van der Waals surface area contributed by atoms with Crippen LogP contribution in [-0.2, 0) is 6.42 Å². The standard InChI is InChI=1S/C55H32O3/c1-3-8-32(9-4-1)36-16-23-50-46(28-36)42-20-19-41-45-27-38(14-15-40(45)31-49(41)53(42)56-50)34-12-7-13-35(26-34)39-18-25-52-48(30-39)44-22-21-43-47-29-37(33-10-5-2-6-11-33)17-24-51(47)57-54(43)55(44)58-52/h1-30H,31H2. The Bertz CT molecular complexity index is 3640. The summed E-state index contributed by atoms with van der Waals surface area (Å²) in [6, 6.07) is 65.1. The van der Waals surface area contributed by atoms with Crippen LogP contribution in [0, 0.1) is 0 Å². The number of rotatable bonds is 4. The molecule has 1 aliphatic carbocycles. The van der Waals surface area contributed by atoms with Crippen LogP contribution in [0.25, 0.3) is 121 Å². The number of benzene rings is 9. The zero-order valence-electron chi connectivity index (χ0n) is 31.3. The smallest absolute Gasteiger partial charge is 0.178 e. The van der Waals surface area contributed by atoms with Crippen molar-refractivity contribution in [2.45, 2.75) is 6.42 Å². The fourth-order valence-corrected chi connectivity index (χ4v) is 9.42. The van der Waals surface area contributed by atoms with E-state index in [1.54, 1.807) is 0 Å². The highest BCUT2D eigenvalue weighted by Gasteiger charge is 2.25. The molecule has 3 nitrogen and oxygen atoms in total. The van der Waals surface area contributed by atoms with Gasteiger partial charge in [-0.25, -0.2) is 0 Å². The predicted molar refractivity (Wildman–Crippen MR) is 238 cm³/mol. The van der Waals surface area contributed by atoms with Gasteiger partial charge in [0.1, 0.15) is 22.3 Å². The Morgan fingerprint density at radius 2 is 0.707 bits per heavy atom. The molecule has 0 fully saturated rings. The SMILES string of the molecule is c1ccc(-c2ccc3oc4c5c(ccc4c3c2)-c2cc(-c3cccc(-c4ccc6oc7c(ccc8c9cc(-c%10ccccc%10)ccc9oc87)c6c4)c3)ccc2C5)cc1. The summed E-state index contributed by atoms with van der Waals surface area (Å²) in [5.41, 5.74) is 19.8. The van der Waals surface area contributed by atoms with Crippen LogP contribution in [-0.4, -0.2) is 0 Å². The third-order valence-electron chi connectivity index (χ3n) is 12.3. The van der Waals surface area contributed by atoms with E-state index in [0.29, 0.717) is 0 Å². The molecule has 0 amide bonds. The lowest BCUT2D eigenvalue weighted by molar-refractivity contribution is 0.633. The lowest BCUT2D eigenvalue weighted by Gasteiger charge is -2.09. The molecule has 0 unspecified atom stereocenters. The lowest BCUT2D eigenvalue weighted by Crippen LogP contribution is -1.85. The second kappa shape index (κ2) is 11.9. The summed E-state index contributed by atoms with van der Waals surface area (Å²) < 4.78 is 19.6. The quantitative estimate of drug-likeness (QED) is 0.180. The molecule has 0 saturated carbocycles. The van der Waals surface area contributed by atoms with Crippen molar-refractivity contribution in [2.24, 2.45) is 0 Å². The van der Waals surface area contributed by atoms with E-state index in [1.807, 2.05) is 6.07 Å². The minimum Gasteiger partial charge on any atom is -0.456 e. The second-order valence-electron chi connectivity index (χ2n) is 15.6. The monoisotopic (exact) mass is 740 g/mol. The first-order valence-corrected chi connectivity index (χ1v) is 19.8. The van der Waals surface area contributed by atoms with E-state index in [4.69, 9.17) is 13.3 Å². The van der Waals surface area contributed by atoms with Gasteiger partial charge in [0.2, 0.25) is 0 Å². The minimum absolute atomic E-state index is 0.783. The highest BCUT2D eigenvalue weighted by atomic mass is 16.4. The van der Waals surface area contributed by atoms with Gasteiger partial charge >= 0.3 is 0 Å². The molecule has 13 rings (SSSR count). The highest BCUT2D eigenvalue weighted by molar-refractivity contribution is 6.19. The fourth-order valence-electron chi connectivity index (χ4n) is 9.42. The molecule has 9 aromatic carbocycles. The van der Waals surface area contributed by atoms with Gasteiger partial charge in [0.25, 0.3) is 0 Å². The highest BCUT2D eigenvalue weighted by Crippen LogP contribution is 2.46. The Hall–Kier alpha value is -7.62. The summed E-state index contributed by atoms with van der Waals surface area (Å²) in [7, 11) is 0. The molecule has 3 aromatic heterocycles. The van der Waals surface area contributed by atoms with Crippen molar-refractivity contribution in [1.29, 1.82) is 0 Å². The molecule has 1 aliphatic rings. The van der Waals surface area contributed by atoms with Gasteiger partial charge in [0.05, 0.1) is 0 Å². The van der Waals surface area contributed by atoms with Crippen LogP contribution >= 0.6 is 0 Å². The summed E-state index contributed by atoms with van der Waals surface area (Å²) in [6.45, 7) is 0. The summed E-state index contributed by atoms with van der Waals surface area (Å²) in [5.74, 6) is 0. The van der Waals surface area contributed by atoms with Gasteiger partial charge < -0.3 is 13.3 Å². The average molecular weight is 741 g/mol. The van der Waals surface area contributed by atoms with E-state index in [-0.39, 0.29) is 0 Å². The Labute approximate surface area is 333 Å². The molecule has 3 heteroatoms. The van der Waals surface area contributed by atoms with Crippen LogP contribution < -0.4 is 0 Å². The molecule has 0 spiro atoms. The molecule has 0 bridgehead atoms. The fraction of sp³-hybridized carbons (Fsp3) is 0.0182. The van der Waals surface area contributed by atoms with Crippen molar-refractivity contribution < 1.29 is 13.3 Å². The predicted octanol–water partition coefficient (Wildman–Crippen LogP) is 15.6. The van der Waals surface area contributed by atoms with Crippen LogP contribution in [0.15, 0.2) is 195 Å². The lowest BCUT2D eigenvalue weighted by atomic mass is 9.95. The van der Waals surface area contributed by atoms with E-state index >= 15 is 0 Å². The van der Waals surface area contributed by atoms with E-state index in [2.05, 4.69) is 176 Å². The van der Waals surface area contributed by atoms with Gasteiger partial charge in [-0.2, -0.15) is 0 Å². The van der Waals surface area contributed by atoms with Crippen molar-refractivity contribution in [3.8, 4) is 55.6 Å². The first kappa shape index (κ1) is 31.6. The summed E-state index contributed by atoms with van der Waals surface area (Å²) in [4.78, 5) is 0. The topological polar surface area (TPSA) is 39.4 Å². The van der Waals surface area contributed by atoms with Crippen molar-refractivity contribution in [3.63, 3.8) is 0 Å². The van der Waals surface area contributed by atoms with Gasteiger partial charge in [0, 0.05) is 44.3 Å².